The molecule has 16 heavy (non-hydrogen) atoms. The predicted molar refractivity (Wildman–Crippen MR) is 68.7 cm³/mol. The van der Waals surface area contributed by atoms with Crippen LogP contribution in [-0.4, -0.2) is 0 Å². The number of hydrogen-bond donors (Lipinski definition) is 1. The Kier molecular flexibility index (Phi) is 3.42. The van der Waals surface area contributed by atoms with Gasteiger partial charge in [0.25, 0.3) is 0 Å². The first-order chi connectivity index (χ1) is 7.79. The SMILES string of the molecule is C=C(F)[SH](c1ccccc1)c1ccccc1. The summed E-state index contributed by atoms with van der Waals surface area (Å²) in [6.45, 7) is 3.47. The molecule has 0 unspecified atom stereocenters. The Bertz CT molecular complexity index is 425. The zero-order valence-corrected chi connectivity index (χ0v) is 9.70. The molecule has 0 N–H and O–H groups in total. The first-order valence-electron chi connectivity index (χ1n) is 5.03. The molecule has 0 atom stereocenters. The van der Waals surface area contributed by atoms with Gasteiger partial charge in [0.1, 0.15) is 5.16 Å². The number of rotatable bonds is 3. The Hall–Kier alpha value is -1.54. The van der Waals surface area contributed by atoms with Gasteiger partial charge in [-0.2, -0.15) is 0 Å². The van der Waals surface area contributed by atoms with E-state index in [0.29, 0.717) is 0 Å². The van der Waals surface area contributed by atoms with Crippen molar-refractivity contribution in [2.24, 2.45) is 0 Å². The summed E-state index contributed by atoms with van der Waals surface area (Å²) in [5.74, 6) is 0. The summed E-state index contributed by atoms with van der Waals surface area (Å²) in [5, 5.41) is -0.257. The molecule has 0 saturated heterocycles. The van der Waals surface area contributed by atoms with Crippen molar-refractivity contribution in [3.63, 3.8) is 0 Å². The highest BCUT2D eigenvalue weighted by atomic mass is 32.2. The van der Waals surface area contributed by atoms with Gasteiger partial charge in [-0.05, 0) is 34.1 Å². The molecule has 0 aliphatic carbocycles. The molecule has 0 heterocycles. The third-order valence-corrected chi connectivity index (χ3v) is 4.39. The third kappa shape index (κ3) is 2.34. The van der Waals surface area contributed by atoms with Crippen LogP contribution in [0.15, 0.2) is 82.2 Å². The van der Waals surface area contributed by atoms with Crippen LogP contribution in [0, 0.1) is 0 Å². The fourth-order valence-corrected chi connectivity index (χ4v) is 3.38. The second-order valence-electron chi connectivity index (χ2n) is 3.38. The van der Waals surface area contributed by atoms with E-state index < -0.39 is 10.9 Å². The summed E-state index contributed by atoms with van der Waals surface area (Å²) in [4.78, 5) is 1.99. The number of thiol groups is 1. The Morgan fingerprint density at radius 2 is 1.19 bits per heavy atom. The van der Waals surface area contributed by atoms with Crippen LogP contribution in [0.4, 0.5) is 4.39 Å². The quantitative estimate of drug-likeness (QED) is 0.738. The van der Waals surface area contributed by atoms with Gasteiger partial charge in [0, 0.05) is 0 Å². The van der Waals surface area contributed by atoms with Gasteiger partial charge in [-0.3, -0.25) is 0 Å². The molecule has 0 saturated carbocycles. The van der Waals surface area contributed by atoms with Crippen molar-refractivity contribution in [1.29, 1.82) is 0 Å². The molecule has 0 aliphatic rings. The first kappa shape index (κ1) is 11.0. The minimum Gasteiger partial charge on any atom is -0.201 e. The molecule has 0 radical (unpaired) electrons. The summed E-state index contributed by atoms with van der Waals surface area (Å²) in [5.41, 5.74) is 0. The lowest BCUT2D eigenvalue weighted by Crippen LogP contribution is -1.85. The highest BCUT2D eigenvalue weighted by Gasteiger charge is 2.12. The maximum absolute atomic E-state index is 13.6. The van der Waals surface area contributed by atoms with Crippen molar-refractivity contribution >= 4 is 10.9 Å². The fourth-order valence-electron chi connectivity index (χ4n) is 1.58. The molecule has 0 nitrogen and oxygen atoms in total. The zero-order chi connectivity index (χ0) is 11.4. The lowest BCUT2D eigenvalue weighted by atomic mass is 10.4. The van der Waals surface area contributed by atoms with Gasteiger partial charge >= 0.3 is 0 Å². The van der Waals surface area contributed by atoms with Crippen molar-refractivity contribution in [2.45, 2.75) is 9.79 Å². The van der Waals surface area contributed by atoms with E-state index >= 15 is 0 Å². The van der Waals surface area contributed by atoms with Gasteiger partial charge in [0.2, 0.25) is 0 Å². The molecule has 0 aliphatic heterocycles. The summed E-state index contributed by atoms with van der Waals surface area (Å²) in [7, 11) is -1.07. The van der Waals surface area contributed by atoms with E-state index in [1.54, 1.807) is 0 Å². The van der Waals surface area contributed by atoms with E-state index in [9.17, 15) is 4.39 Å². The van der Waals surface area contributed by atoms with E-state index in [-0.39, 0.29) is 5.16 Å². The molecule has 0 spiro atoms. The Balaban J connectivity index is 2.44. The van der Waals surface area contributed by atoms with Crippen molar-refractivity contribution in [1.82, 2.24) is 0 Å². The fraction of sp³-hybridized carbons (Fsp3) is 0. The highest BCUT2D eigenvalue weighted by Crippen LogP contribution is 2.50. The van der Waals surface area contributed by atoms with Gasteiger partial charge < -0.3 is 0 Å². The number of benzene rings is 2. The van der Waals surface area contributed by atoms with Crippen LogP contribution in [0.25, 0.3) is 0 Å². The smallest absolute Gasteiger partial charge is 0.137 e. The van der Waals surface area contributed by atoms with Crippen LogP contribution in [0.1, 0.15) is 0 Å². The normalized spacial score (nSPS) is 10.9. The van der Waals surface area contributed by atoms with Gasteiger partial charge in [-0.25, -0.2) is 4.39 Å². The van der Waals surface area contributed by atoms with Crippen molar-refractivity contribution in [3.05, 3.63) is 72.4 Å². The molecule has 2 aromatic rings. The molecular weight excluding hydrogens is 219 g/mol. The largest absolute Gasteiger partial charge is 0.201 e. The summed E-state index contributed by atoms with van der Waals surface area (Å²) < 4.78 is 13.6. The molecule has 0 fully saturated rings. The highest BCUT2D eigenvalue weighted by molar-refractivity contribution is 8.20. The molecule has 0 bridgehead atoms. The summed E-state index contributed by atoms with van der Waals surface area (Å²) >= 11 is 0. The van der Waals surface area contributed by atoms with Crippen LogP contribution >= 0.6 is 10.9 Å². The van der Waals surface area contributed by atoms with E-state index in [1.165, 1.54) is 0 Å². The molecule has 2 rings (SSSR count). The second-order valence-corrected chi connectivity index (χ2v) is 5.57. The Labute approximate surface area is 97.8 Å². The molecular formula is C14H13FS. The topological polar surface area (TPSA) is 0 Å². The van der Waals surface area contributed by atoms with E-state index in [2.05, 4.69) is 6.58 Å². The van der Waals surface area contributed by atoms with Crippen molar-refractivity contribution in [2.75, 3.05) is 0 Å². The van der Waals surface area contributed by atoms with Crippen LogP contribution in [0.5, 0.6) is 0 Å². The van der Waals surface area contributed by atoms with Crippen LogP contribution < -0.4 is 0 Å². The van der Waals surface area contributed by atoms with Crippen LogP contribution in [0.2, 0.25) is 0 Å². The lowest BCUT2D eigenvalue weighted by Gasteiger charge is -2.19. The number of hydrogen-bond acceptors (Lipinski definition) is 0. The van der Waals surface area contributed by atoms with Crippen LogP contribution in [0.3, 0.4) is 0 Å². The monoisotopic (exact) mass is 232 g/mol. The third-order valence-electron chi connectivity index (χ3n) is 2.27. The Morgan fingerprint density at radius 1 is 0.812 bits per heavy atom. The summed E-state index contributed by atoms with van der Waals surface area (Å²) in [6, 6.07) is 19.4. The molecule has 0 amide bonds. The average Bonchev–Trinajstić information content (AvgIpc) is 2.31. The molecule has 2 heteroatoms. The lowest BCUT2D eigenvalue weighted by molar-refractivity contribution is 0.700. The van der Waals surface area contributed by atoms with Gasteiger partial charge in [-0.15, -0.1) is 10.9 Å². The molecule has 2 aromatic carbocycles. The van der Waals surface area contributed by atoms with E-state index in [0.717, 1.165) is 9.79 Å². The standard InChI is InChI=1S/C14H13FS/c1-12(15)16(13-8-4-2-5-9-13)14-10-6-3-7-11-14/h2-11,16H,1H2. The minimum absolute atomic E-state index is 0.257. The first-order valence-corrected chi connectivity index (χ1v) is 6.38. The second kappa shape index (κ2) is 4.99. The van der Waals surface area contributed by atoms with Gasteiger partial charge in [0.05, 0.1) is 0 Å². The average molecular weight is 232 g/mol. The maximum atomic E-state index is 13.6. The minimum atomic E-state index is -1.07. The van der Waals surface area contributed by atoms with Crippen molar-refractivity contribution in [3.8, 4) is 0 Å². The van der Waals surface area contributed by atoms with E-state index in [4.69, 9.17) is 0 Å². The van der Waals surface area contributed by atoms with Gasteiger partial charge in [0.15, 0.2) is 0 Å². The summed E-state index contributed by atoms with van der Waals surface area (Å²) in [6.07, 6.45) is 0. The Morgan fingerprint density at radius 3 is 1.50 bits per heavy atom. The van der Waals surface area contributed by atoms with Crippen molar-refractivity contribution < 1.29 is 4.39 Å². The molecule has 0 aromatic heterocycles. The van der Waals surface area contributed by atoms with Crippen LogP contribution in [-0.2, 0) is 0 Å². The maximum Gasteiger partial charge on any atom is 0.137 e. The zero-order valence-electron chi connectivity index (χ0n) is 8.81. The van der Waals surface area contributed by atoms with Gasteiger partial charge in [-0.1, -0.05) is 43.0 Å². The van der Waals surface area contributed by atoms with E-state index in [1.807, 2.05) is 60.7 Å². The molecule has 82 valence electrons. The number of halogens is 1. The predicted octanol–water partition coefficient (Wildman–Crippen LogP) is 4.55.